The first-order valence-electron chi connectivity index (χ1n) is 5.10. The average molecular weight is 330 g/mol. The van der Waals surface area contributed by atoms with Gasteiger partial charge in [0.2, 0.25) is 0 Å². The number of rotatable bonds is 6. The fourth-order valence-electron chi connectivity index (χ4n) is 0.834. The molecule has 0 atom stereocenters. The second-order valence-electron chi connectivity index (χ2n) is 2.86. The van der Waals surface area contributed by atoms with E-state index in [1.165, 1.54) is 14.7 Å². The van der Waals surface area contributed by atoms with Crippen molar-refractivity contribution in [3.63, 3.8) is 0 Å². The molecular weight excluding hydrogens is 311 g/mol. The first kappa shape index (κ1) is 31.0. The van der Waals surface area contributed by atoms with Crippen molar-refractivity contribution in [3.05, 3.63) is 47.9 Å². The van der Waals surface area contributed by atoms with Crippen LogP contribution in [0.4, 0.5) is 0 Å². The van der Waals surface area contributed by atoms with E-state index >= 15 is 0 Å². The van der Waals surface area contributed by atoms with Crippen LogP contribution in [0.1, 0.15) is 12.8 Å². The molecule has 0 saturated carbocycles. The minimum atomic E-state index is 0. The van der Waals surface area contributed by atoms with Gasteiger partial charge in [-0.25, -0.2) is 0 Å². The van der Waals surface area contributed by atoms with Crippen LogP contribution < -0.4 is 11.5 Å². The molecule has 0 rings (SSSR count). The van der Waals surface area contributed by atoms with Crippen LogP contribution in [0.2, 0.25) is 0 Å². The summed E-state index contributed by atoms with van der Waals surface area (Å²) >= 11 is 0. The molecule has 20 heavy (non-hydrogen) atoms. The van der Waals surface area contributed by atoms with Crippen molar-refractivity contribution in [3.8, 4) is 0 Å². The standard InChI is InChI=1S/C7H19N3.Co.3N3/c1-10(6-2-4-8)7-3-5-9;;3*1-3-2/h2-9H2,1H3;;;;/q;+3;3*-1. The third-order valence-corrected chi connectivity index (χ3v) is 1.49. The summed E-state index contributed by atoms with van der Waals surface area (Å²) in [6.45, 7) is 3.76. The second-order valence-corrected chi connectivity index (χ2v) is 2.86. The summed E-state index contributed by atoms with van der Waals surface area (Å²) in [5.74, 6) is 0. The molecule has 12 nitrogen and oxygen atoms in total. The van der Waals surface area contributed by atoms with Gasteiger partial charge in [-0.1, -0.05) is 0 Å². The molecule has 0 aromatic rings. The largest absolute Gasteiger partial charge is 3.00 e. The zero-order valence-electron chi connectivity index (χ0n) is 11.2. The van der Waals surface area contributed by atoms with E-state index in [2.05, 4.69) is 11.9 Å². The van der Waals surface area contributed by atoms with Crippen LogP contribution >= 0.6 is 0 Å². The van der Waals surface area contributed by atoms with Gasteiger partial charge in [0.05, 0.1) is 0 Å². The smallest absolute Gasteiger partial charge is 0.373 e. The van der Waals surface area contributed by atoms with E-state index in [4.69, 9.17) is 44.7 Å². The normalized spacial score (nSPS) is 6.60. The minimum absolute atomic E-state index is 0. The molecule has 0 aliphatic rings. The third kappa shape index (κ3) is 95.9. The van der Waals surface area contributed by atoms with Crippen LogP contribution in [0.3, 0.4) is 0 Å². The summed E-state index contributed by atoms with van der Waals surface area (Å²) < 4.78 is 0. The van der Waals surface area contributed by atoms with Gasteiger partial charge in [0, 0.05) is 0 Å². The number of nitrogens with zero attached hydrogens (tertiary/aromatic N) is 10. The monoisotopic (exact) mass is 330 g/mol. The van der Waals surface area contributed by atoms with E-state index in [0.29, 0.717) is 0 Å². The Hall–Kier alpha value is -1.68. The summed E-state index contributed by atoms with van der Waals surface area (Å²) in [5.41, 5.74) is 51.2. The van der Waals surface area contributed by atoms with Gasteiger partial charge in [0.25, 0.3) is 0 Å². The molecule has 0 amide bonds. The number of nitrogens with two attached hydrogens (primary N) is 2. The van der Waals surface area contributed by atoms with Gasteiger partial charge in [-0.15, -0.1) is 0 Å². The molecule has 4 N–H and O–H groups in total. The Morgan fingerprint density at radius 2 is 0.950 bits per heavy atom. The van der Waals surface area contributed by atoms with Crippen LogP contribution in [0, 0.1) is 0 Å². The van der Waals surface area contributed by atoms with Gasteiger partial charge in [-0.05, 0) is 46.1 Å². The van der Waals surface area contributed by atoms with Crippen molar-refractivity contribution in [1.82, 2.24) is 4.90 Å². The summed E-state index contributed by atoms with van der Waals surface area (Å²) in [5, 5.41) is 0. The van der Waals surface area contributed by atoms with Crippen LogP contribution in [0.25, 0.3) is 47.9 Å². The number of hydrogen-bond donors (Lipinski definition) is 2. The van der Waals surface area contributed by atoms with Gasteiger partial charge in [0.1, 0.15) is 0 Å². The van der Waals surface area contributed by atoms with Crippen molar-refractivity contribution >= 4 is 0 Å². The SMILES string of the molecule is CN(CCCN)CCCN.[Co+3].[N-]=[N+]=[N-].[N-]=[N+]=[N-].[N-]=[N+]=[N-]. The molecular formula is C7H19CoN12. The Bertz CT molecular complexity index is 214. The van der Waals surface area contributed by atoms with Gasteiger partial charge in [-0.3, -0.25) is 14.7 Å². The van der Waals surface area contributed by atoms with E-state index in [1.807, 2.05) is 0 Å². The fourth-order valence-corrected chi connectivity index (χ4v) is 0.834. The van der Waals surface area contributed by atoms with Crippen molar-refractivity contribution in [2.24, 2.45) is 11.5 Å². The molecule has 0 aromatic carbocycles. The predicted octanol–water partition coefficient (Wildman–Crippen LogP) is 2.21. The molecule has 0 aromatic heterocycles. The molecule has 0 bridgehead atoms. The summed E-state index contributed by atoms with van der Waals surface area (Å²) in [4.78, 5) is 6.76. The van der Waals surface area contributed by atoms with Gasteiger partial charge < -0.3 is 49.6 Å². The molecule has 13 heteroatoms. The van der Waals surface area contributed by atoms with E-state index < -0.39 is 0 Å². The fraction of sp³-hybridized carbons (Fsp3) is 1.00. The van der Waals surface area contributed by atoms with E-state index in [-0.39, 0.29) is 16.8 Å². The Morgan fingerprint density at radius 1 is 0.750 bits per heavy atom. The van der Waals surface area contributed by atoms with Crippen LogP contribution in [-0.4, -0.2) is 38.1 Å². The van der Waals surface area contributed by atoms with Crippen molar-refractivity contribution in [2.75, 3.05) is 33.2 Å². The molecule has 0 heterocycles. The maximum atomic E-state index is 6.75. The van der Waals surface area contributed by atoms with E-state index in [9.17, 15) is 0 Å². The van der Waals surface area contributed by atoms with Gasteiger partial charge in [-0.2, -0.15) is 0 Å². The van der Waals surface area contributed by atoms with Crippen molar-refractivity contribution < 1.29 is 16.8 Å². The second kappa shape index (κ2) is 43.3. The molecule has 0 spiro atoms. The van der Waals surface area contributed by atoms with Gasteiger partial charge in [0.15, 0.2) is 0 Å². The quantitative estimate of drug-likeness (QED) is 0.423. The molecule has 0 unspecified atom stereocenters. The molecule has 0 radical (unpaired) electrons. The predicted molar refractivity (Wildman–Crippen MR) is 75.1 cm³/mol. The Morgan fingerprint density at radius 3 is 1.10 bits per heavy atom. The summed E-state index contributed by atoms with van der Waals surface area (Å²) in [6.07, 6.45) is 2.17. The number of hydrogen-bond acceptors (Lipinski definition) is 3. The average Bonchev–Trinajstić information content (AvgIpc) is 2.36. The molecule has 0 aliphatic heterocycles. The Labute approximate surface area is 127 Å². The van der Waals surface area contributed by atoms with Crippen molar-refractivity contribution in [1.29, 1.82) is 0 Å². The third-order valence-electron chi connectivity index (χ3n) is 1.49. The minimum Gasteiger partial charge on any atom is -0.373 e. The molecule has 0 fully saturated rings. The maximum Gasteiger partial charge on any atom is 3.00 e. The van der Waals surface area contributed by atoms with Crippen molar-refractivity contribution in [2.45, 2.75) is 12.8 Å². The first-order chi connectivity index (χ1) is 9.05. The topological polar surface area (TPSA) is 231 Å². The van der Waals surface area contributed by atoms with Crippen LogP contribution in [-0.2, 0) is 16.8 Å². The maximum absolute atomic E-state index is 6.75. The Kier molecular flexibility index (Phi) is 67.1. The summed E-state index contributed by atoms with van der Waals surface area (Å²) in [6, 6.07) is 0. The zero-order chi connectivity index (χ0) is 15.9. The van der Waals surface area contributed by atoms with Gasteiger partial charge >= 0.3 is 16.8 Å². The summed E-state index contributed by atoms with van der Waals surface area (Å²) in [7, 11) is 2.10. The Balaban J connectivity index is -0.0000000626. The van der Waals surface area contributed by atoms with Crippen LogP contribution in [0.5, 0.6) is 0 Å². The van der Waals surface area contributed by atoms with E-state index in [1.54, 1.807) is 0 Å². The molecule has 0 saturated heterocycles. The van der Waals surface area contributed by atoms with Crippen LogP contribution in [0.15, 0.2) is 0 Å². The molecule has 116 valence electrons. The van der Waals surface area contributed by atoms with E-state index in [0.717, 1.165) is 39.0 Å². The molecule has 0 aliphatic carbocycles. The zero-order valence-corrected chi connectivity index (χ0v) is 12.2. The first-order valence-corrected chi connectivity index (χ1v) is 5.10.